The summed E-state index contributed by atoms with van der Waals surface area (Å²) in [4.78, 5) is 12.9. The lowest BCUT2D eigenvalue weighted by Gasteiger charge is -2.42. The fourth-order valence-electron chi connectivity index (χ4n) is 7.70. The maximum Gasteiger partial charge on any atom is 0.306 e. The SMILES string of the molecule is CCCCCCCCCCCCCCCCCCC(=O)OC(COCCCCCCCCCCC)COC1OC(COC2OC(CO)C(O)C(O)C2O)C(O)C(O)C1O. The third-order valence-corrected chi connectivity index (χ3v) is 11.6. The molecule has 2 saturated heterocycles. The van der Waals surface area contributed by atoms with E-state index in [2.05, 4.69) is 13.8 Å². The Morgan fingerprint density at radius 1 is 0.492 bits per heavy atom. The van der Waals surface area contributed by atoms with Crippen molar-refractivity contribution in [2.75, 3.05) is 33.0 Å². The Hall–Kier alpha value is -1.01. The van der Waals surface area contributed by atoms with Gasteiger partial charge in [0.25, 0.3) is 0 Å². The molecule has 2 rings (SSSR count). The fourth-order valence-corrected chi connectivity index (χ4v) is 7.70. The number of carbonyl (C=O) groups excluding carboxylic acids is 1. The highest BCUT2D eigenvalue weighted by atomic mass is 16.7. The molecule has 0 saturated carbocycles. The molecule has 0 bridgehead atoms. The van der Waals surface area contributed by atoms with Gasteiger partial charge in [0.05, 0.1) is 26.4 Å². The topological polar surface area (TPSA) is 214 Å². The van der Waals surface area contributed by atoms with Crippen LogP contribution in [0.1, 0.15) is 181 Å². The first kappa shape index (κ1) is 54.1. The van der Waals surface area contributed by atoms with E-state index >= 15 is 0 Å². The predicted molar refractivity (Wildman–Crippen MR) is 224 cm³/mol. The van der Waals surface area contributed by atoms with E-state index in [9.17, 15) is 40.5 Å². The average Bonchev–Trinajstić information content (AvgIpc) is 3.23. The van der Waals surface area contributed by atoms with Crippen molar-refractivity contribution in [2.24, 2.45) is 0 Å². The van der Waals surface area contributed by atoms with E-state index in [1.807, 2.05) is 0 Å². The first-order chi connectivity index (χ1) is 28.6. The zero-order chi connectivity index (χ0) is 43.1. The van der Waals surface area contributed by atoms with Crippen LogP contribution in [0.25, 0.3) is 0 Å². The quantitative estimate of drug-likeness (QED) is 0.0294. The molecule has 14 heteroatoms. The molecule has 0 aromatic carbocycles. The van der Waals surface area contributed by atoms with E-state index in [4.69, 9.17) is 28.4 Å². The van der Waals surface area contributed by atoms with Crippen LogP contribution in [-0.2, 0) is 33.2 Å². The molecular formula is C45H86O14. The van der Waals surface area contributed by atoms with Crippen LogP contribution < -0.4 is 0 Å². The Labute approximate surface area is 355 Å². The lowest BCUT2D eigenvalue weighted by Crippen LogP contribution is -2.61. The van der Waals surface area contributed by atoms with E-state index in [0.717, 1.165) is 38.5 Å². The van der Waals surface area contributed by atoms with Gasteiger partial charge in [0.15, 0.2) is 12.6 Å². The molecule has 59 heavy (non-hydrogen) atoms. The van der Waals surface area contributed by atoms with Crippen molar-refractivity contribution >= 4 is 5.97 Å². The van der Waals surface area contributed by atoms with Gasteiger partial charge in [0, 0.05) is 13.0 Å². The molecule has 0 amide bonds. The maximum atomic E-state index is 12.9. The van der Waals surface area contributed by atoms with Crippen LogP contribution in [0.2, 0.25) is 0 Å². The monoisotopic (exact) mass is 851 g/mol. The fraction of sp³-hybridized carbons (Fsp3) is 0.978. The van der Waals surface area contributed by atoms with Gasteiger partial charge < -0.3 is 64.2 Å². The molecule has 0 aromatic rings. The minimum atomic E-state index is -1.70. The highest BCUT2D eigenvalue weighted by molar-refractivity contribution is 5.69. The van der Waals surface area contributed by atoms with Gasteiger partial charge in [-0.15, -0.1) is 0 Å². The second-order valence-corrected chi connectivity index (χ2v) is 16.9. The van der Waals surface area contributed by atoms with Crippen LogP contribution in [-0.4, -0.2) is 142 Å². The maximum absolute atomic E-state index is 12.9. The predicted octanol–water partition coefficient (Wildman–Crippen LogP) is 5.74. The molecule has 0 spiro atoms. The van der Waals surface area contributed by atoms with Crippen LogP contribution in [0.15, 0.2) is 0 Å². The van der Waals surface area contributed by atoms with Crippen LogP contribution in [0.4, 0.5) is 0 Å². The zero-order valence-corrected chi connectivity index (χ0v) is 36.8. The normalized spacial score (nSPS) is 27.9. The van der Waals surface area contributed by atoms with Crippen molar-refractivity contribution in [1.82, 2.24) is 0 Å². The largest absolute Gasteiger partial charge is 0.457 e. The lowest BCUT2D eigenvalue weighted by molar-refractivity contribution is -0.332. The van der Waals surface area contributed by atoms with Crippen LogP contribution in [0, 0.1) is 0 Å². The average molecular weight is 851 g/mol. The summed E-state index contributed by atoms with van der Waals surface area (Å²) in [6.45, 7) is 3.69. The first-order valence-electron chi connectivity index (χ1n) is 23.6. The molecule has 7 N–H and O–H groups in total. The van der Waals surface area contributed by atoms with Crippen molar-refractivity contribution in [3.8, 4) is 0 Å². The van der Waals surface area contributed by atoms with E-state index < -0.39 is 80.7 Å². The summed E-state index contributed by atoms with van der Waals surface area (Å²) >= 11 is 0. The highest BCUT2D eigenvalue weighted by Crippen LogP contribution is 2.26. The van der Waals surface area contributed by atoms with Crippen LogP contribution in [0.3, 0.4) is 0 Å². The first-order valence-corrected chi connectivity index (χ1v) is 23.6. The minimum Gasteiger partial charge on any atom is -0.457 e. The molecule has 2 heterocycles. The highest BCUT2D eigenvalue weighted by Gasteiger charge is 2.47. The molecule has 2 aliphatic heterocycles. The molecule has 0 aromatic heterocycles. The smallest absolute Gasteiger partial charge is 0.306 e. The molecule has 11 unspecified atom stereocenters. The van der Waals surface area contributed by atoms with Crippen molar-refractivity contribution in [1.29, 1.82) is 0 Å². The van der Waals surface area contributed by atoms with E-state index in [1.165, 1.54) is 116 Å². The van der Waals surface area contributed by atoms with Gasteiger partial charge in [-0.2, -0.15) is 0 Å². The molecule has 0 radical (unpaired) electrons. The molecule has 2 fully saturated rings. The number of aliphatic hydroxyl groups excluding tert-OH is 7. The van der Waals surface area contributed by atoms with Gasteiger partial charge in [-0.3, -0.25) is 4.79 Å². The standard InChI is InChI=1S/C45H86O14/c1-3-5-7-9-11-13-14-15-16-17-18-19-20-22-24-26-28-37(47)57-34(31-54-29-27-25-23-21-12-10-8-6-4-2)32-55-44-43(53)41(51)39(49)36(59-44)33-56-45-42(52)40(50)38(48)35(30-46)58-45/h34-36,38-46,48-53H,3-33H2,1-2H3. The number of ether oxygens (including phenoxy) is 6. The van der Waals surface area contributed by atoms with E-state index in [1.54, 1.807) is 0 Å². The number of carbonyl (C=O) groups is 1. The third-order valence-electron chi connectivity index (χ3n) is 11.6. The van der Waals surface area contributed by atoms with Gasteiger partial charge in [0.1, 0.15) is 54.9 Å². The summed E-state index contributed by atoms with van der Waals surface area (Å²) in [5, 5.41) is 71.8. The van der Waals surface area contributed by atoms with Crippen LogP contribution in [0.5, 0.6) is 0 Å². The number of aliphatic hydroxyl groups is 7. The third kappa shape index (κ3) is 23.3. The van der Waals surface area contributed by atoms with Crippen molar-refractivity contribution in [3.05, 3.63) is 0 Å². The molecular weight excluding hydrogens is 764 g/mol. The van der Waals surface area contributed by atoms with Crippen molar-refractivity contribution < 1.29 is 69.0 Å². The Bertz CT molecular complexity index is 990. The van der Waals surface area contributed by atoms with E-state index in [0.29, 0.717) is 13.0 Å². The number of rotatable bonds is 37. The van der Waals surface area contributed by atoms with Gasteiger partial charge in [-0.05, 0) is 12.8 Å². The minimum absolute atomic E-state index is 0.0688. The zero-order valence-electron chi connectivity index (χ0n) is 36.8. The lowest BCUT2D eigenvalue weighted by atomic mass is 9.98. The Kier molecular flexibility index (Phi) is 31.6. The second kappa shape index (κ2) is 34.5. The summed E-state index contributed by atoms with van der Waals surface area (Å²) in [6, 6.07) is 0. The van der Waals surface area contributed by atoms with E-state index in [-0.39, 0.29) is 25.6 Å². The molecule has 350 valence electrons. The summed E-state index contributed by atoms with van der Waals surface area (Å²) < 4.78 is 34.1. The van der Waals surface area contributed by atoms with Gasteiger partial charge in [-0.1, -0.05) is 162 Å². The molecule has 11 atom stereocenters. The Balaban J connectivity index is 1.78. The summed E-state index contributed by atoms with van der Waals surface area (Å²) in [6.07, 6.45) is 14.6. The number of hydrogen-bond donors (Lipinski definition) is 7. The number of hydrogen-bond acceptors (Lipinski definition) is 14. The summed E-state index contributed by atoms with van der Waals surface area (Å²) in [7, 11) is 0. The molecule has 14 nitrogen and oxygen atoms in total. The molecule has 0 aliphatic carbocycles. The van der Waals surface area contributed by atoms with Gasteiger partial charge >= 0.3 is 5.97 Å². The number of unbranched alkanes of at least 4 members (excludes halogenated alkanes) is 23. The molecule has 2 aliphatic rings. The number of esters is 1. The van der Waals surface area contributed by atoms with Crippen LogP contribution >= 0.6 is 0 Å². The Morgan fingerprint density at radius 2 is 0.898 bits per heavy atom. The van der Waals surface area contributed by atoms with Crippen molar-refractivity contribution in [2.45, 2.75) is 248 Å². The van der Waals surface area contributed by atoms with Gasteiger partial charge in [-0.25, -0.2) is 0 Å². The van der Waals surface area contributed by atoms with Crippen molar-refractivity contribution in [3.63, 3.8) is 0 Å². The summed E-state index contributed by atoms with van der Waals surface area (Å²) in [5.41, 5.74) is 0. The summed E-state index contributed by atoms with van der Waals surface area (Å²) in [5.74, 6) is -0.373. The second-order valence-electron chi connectivity index (χ2n) is 16.9. The van der Waals surface area contributed by atoms with Gasteiger partial charge in [0.2, 0.25) is 0 Å². The Morgan fingerprint density at radius 3 is 1.37 bits per heavy atom.